The quantitative estimate of drug-likeness (QED) is 0.780. The summed E-state index contributed by atoms with van der Waals surface area (Å²) in [4.78, 5) is 32.0. The van der Waals surface area contributed by atoms with Crippen LogP contribution in [0.3, 0.4) is 0 Å². The highest BCUT2D eigenvalue weighted by molar-refractivity contribution is 5.96. The van der Waals surface area contributed by atoms with Gasteiger partial charge in [0.05, 0.1) is 0 Å². The zero-order chi connectivity index (χ0) is 18.8. The van der Waals surface area contributed by atoms with Gasteiger partial charge in [-0.25, -0.2) is 0 Å². The summed E-state index contributed by atoms with van der Waals surface area (Å²) >= 11 is 0. The number of pyridine rings is 1. The predicted octanol–water partition coefficient (Wildman–Crippen LogP) is 2.79. The third-order valence-electron chi connectivity index (χ3n) is 5.13. The second-order valence-electron chi connectivity index (χ2n) is 7.16. The number of nitrogens with one attached hydrogen (secondary N) is 1. The number of carbonyl (C=O) groups excluding carboxylic acids is 1. The standard InChI is InChI=1S/C22H23N3O2/c1-16-5-4-6-17(13-16)15-24-9-11-25(12-10-24)22(27)20-14-18-7-2-3-8-19(18)21(26)23-20/h2-8,13-14H,9-12,15H2,1H3,(H,23,26). The van der Waals surface area contributed by atoms with Gasteiger partial charge in [0.2, 0.25) is 0 Å². The first-order valence-electron chi connectivity index (χ1n) is 9.29. The van der Waals surface area contributed by atoms with E-state index < -0.39 is 0 Å². The Labute approximate surface area is 158 Å². The molecule has 5 nitrogen and oxygen atoms in total. The van der Waals surface area contributed by atoms with Crippen LogP contribution in [-0.4, -0.2) is 46.9 Å². The van der Waals surface area contributed by atoms with E-state index in [-0.39, 0.29) is 11.5 Å². The summed E-state index contributed by atoms with van der Waals surface area (Å²) in [5, 5.41) is 1.40. The lowest BCUT2D eigenvalue weighted by atomic mass is 10.1. The van der Waals surface area contributed by atoms with Crippen molar-refractivity contribution < 1.29 is 4.79 Å². The van der Waals surface area contributed by atoms with Crippen LogP contribution in [0.1, 0.15) is 21.6 Å². The minimum absolute atomic E-state index is 0.104. The van der Waals surface area contributed by atoms with Crippen LogP contribution in [0.5, 0.6) is 0 Å². The Morgan fingerprint density at radius 2 is 1.78 bits per heavy atom. The lowest BCUT2D eigenvalue weighted by Crippen LogP contribution is -2.48. The Morgan fingerprint density at radius 3 is 2.56 bits per heavy atom. The van der Waals surface area contributed by atoms with E-state index in [9.17, 15) is 9.59 Å². The minimum atomic E-state index is -0.213. The minimum Gasteiger partial charge on any atom is -0.335 e. The summed E-state index contributed by atoms with van der Waals surface area (Å²) in [5.41, 5.74) is 2.72. The van der Waals surface area contributed by atoms with Crippen LogP contribution < -0.4 is 5.56 Å². The van der Waals surface area contributed by atoms with E-state index in [1.54, 1.807) is 12.1 Å². The molecule has 0 atom stereocenters. The van der Waals surface area contributed by atoms with Crippen LogP contribution in [0.15, 0.2) is 59.4 Å². The van der Waals surface area contributed by atoms with Crippen molar-refractivity contribution in [1.29, 1.82) is 0 Å². The number of rotatable bonds is 3. The monoisotopic (exact) mass is 361 g/mol. The van der Waals surface area contributed by atoms with Crippen LogP contribution in [0, 0.1) is 6.92 Å². The lowest BCUT2D eigenvalue weighted by molar-refractivity contribution is 0.0622. The summed E-state index contributed by atoms with van der Waals surface area (Å²) in [6.07, 6.45) is 0. The first kappa shape index (κ1) is 17.5. The summed E-state index contributed by atoms with van der Waals surface area (Å²) in [5.74, 6) is -0.104. The Kier molecular flexibility index (Phi) is 4.77. The molecule has 5 heteroatoms. The molecule has 2 aromatic carbocycles. The van der Waals surface area contributed by atoms with Crippen LogP contribution in [0.4, 0.5) is 0 Å². The molecular weight excluding hydrogens is 338 g/mol. The molecule has 4 rings (SSSR count). The number of aromatic nitrogens is 1. The highest BCUT2D eigenvalue weighted by Gasteiger charge is 2.23. The van der Waals surface area contributed by atoms with Gasteiger partial charge in [0, 0.05) is 38.1 Å². The number of benzene rings is 2. The third-order valence-corrected chi connectivity index (χ3v) is 5.13. The van der Waals surface area contributed by atoms with E-state index in [0.29, 0.717) is 24.2 Å². The van der Waals surface area contributed by atoms with Crippen molar-refractivity contribution in [2.24, 2.45) is 0 Å². The highest BCUT2D eigenvalue weighted by atomic mass is 16.2. The molecule has 1 aliphatic rings. The molecule has 0 aliphatic carbocycles. The Morgan fingerprint density at radius 1 is 1.00 bits per heavy atom. The number of aryl methyl sites for hydroxylation is 1. The van der Waals surface area contributed by atoms with E-state index in [1.807, 2.05) is 23.1 Å². The molecular formula is C22H23N3O2. The van der Waals surface area contributed by atoms with E-state index in [2.05, 4.69) is 41.1 Å². The van der Waals surface area contributed by atoms with Gasteiger partial charge >= 0.3 is 0 Å². The van der Waals surface area contributed by atoms with Gasteiger partial charge in [-0.05, 0) is 30.0 Å². The van der Waals surface area contributed by atoms with E-state index >= 15 is 0 Å². The van der Waals surface area contributed by atoms with Gasteiger partial charge in [-0.1, -0.05) is 48.0 Å². The maximum atomic E-state index is 12.8. The second-order valence-corrected chi connectivity index (χ2v) is 7.16. The van der Waals surface area contributed by atoms with Gasteiger partial charge in [-0.2, -0.15) is 0 Å². The number of carbonyl (C=O) groups is 1. The molecule has 1 aromatic heterocycles. The van der Waals surface area contributed by atoms with Gasteiger partial charge in [-0.3, -0.25) is 14.5 Å². The lowest BCUT2D eigenvalue weighted by Gasteiger charge is -2.34. The zero-order valence-corrected chi connectivity index (χ0v) is 15.4. The molecule has 0 radical (unpaired) electrons. The van der Waals surface area contributed by atoms with Gasteiger partial charge in [0.25, 0.3) is 11.5 Å². The van der Waals surface area contributed by atoms with Crippen LogP contribution in [-0.2, 0) is 6.54 Å². The molecule has 0 unspecified atom stereocenters. The fourth-order valence-corrected chi connectivity index (χ4v) is 3.67. The topological polar surface area (TPSA) is 56.4 Å². The largest absolute Gasteiger partial charge is 0.335 e. The molecule has 2 heterocycles. The number of hydrogen-bond donors (Lipinski definition) is 1. The molecule has 1 saturated heterocycles. The molecule has 0 bridgehead atoms. The van der Waals surface area contributed by atoms with Crippen molar-refractivity contribution in [2.75, 3.05) is 26.2 Å². The van der Waals surface area contributed by atoms with Crippen LogP contribution >= 0.6 is 0 Å². The van der Waals surface area contributed by atoms with Gasteiger partial charge in [0.15, 0.2) is 0 Å². The molecule has 1 amide bonds. The summed E-state index contributed by atoms with van der Waals surface area (Å²) < 4.78 is 0. The average Bonchev–Trinajstić information content (AvgIpc) is 2.68. The molecule has 0 spiro atoms. The Hall–Kier alpha value is -2.92. The Balaban J connectivity index is 1.43. The molecule has 27 heavy (non-hydrogen) atoms. The van der Waals surface area contributed by atoms with Crippen molar-refractivity contribution >= 4 is 16.7 Å². The molecule has 3 aromatic rings. The molecule has 138 valence electrons. The molecule has 1 fully saturated rings. The van der Waals surface area contributed by atoms with Crippen LogP contribution in [0.25, 0.3) is 10.8 Å². The number of fused-ring (bicyclic) bond motifs is 1. The SMILES string of the molecule is Cc1cccc(CN2CCN(C(=O)c3cc4ccccc4c(=O)[nH]3)CC2)c1. The van der Waals surface area contributed by atoms with Crippen molar-refractivity contribution in [3.8, 4) is 0 Å². The normalized spacial score (nSPS) is 15.2. The zero-order valence-electron chi connectivity index (χ0n) is 15.4. The number of nitrogens with zero attached hydrogens (tertiary/aromatic N) is 2. The maximum absolute atomic E-state index is 12.8. The summed E-state index contributed by atoms with van der Waals surface area (Å²) in [6, 6.07) is 17.6. The number of amides is 1. The summed E-state index contributed by atoms with van der Waals surface area (Å²) in [6.45, 7) is 6.00. The Bertz CT molecular complexity index is 1030. The number of hydrogen-bond acceptors (Lipinski definition) is 3. The van der Waals surface area contributed by atoms with E-state index in [1.165, 1.54) is 11.1 Å². The first-order chi connectivity index (χ1) is 13.1. The number of piperazine rings is 1. The summed E-state index contributed by atoms with van der Waals surface area (Å²) in [7, 11) is 0. The third kappa shape index (κ3) is 3.78. The first-order valence-corrected chi connectivity index (χ1v) is 9.29. The average molecular weight is 361 g/mol. The predicted molar refractivity (Wildman–Crippen MR) is 107 cm³/mol. The van der Waals surface area contributed by atoms with E-state index in [0.717, 1.165) is 25.0 Å². The molecule has 0 saturated carbocycles. The number of aromatic amines is 1. The maximum Gasteiger partial charge on any atom is 0.270 e. The number of H-pyrrole nitrogens is 1. The fraction of sp³-hybridized carbons (Fsp3) is 0.273. The van der Waals surface area contributed by atoms with Crippen molar-refractivity contribution in [2.45, 2.75) is 13.5 Å². The highest BCUT2D eigenvalue weighted by Crippen LogP contribution is 2.14. The van der Waals surface area contributed by atoms with Crippen molar-refractivity contribution in [3.63, 3.8) is 0 Å². The van der Waals surface area contributed by atoms with Crippen LogP contribution in [0.2, 0.25) is 0 Å². The second kappa shape index (κ2) is 7.37. The fourth-order valence-electron chi connectivity index (χ4n) is 3.67. The van der Waals surface area contributed by atoms with E-state index in [4.69, 9.17) is 0 Å². The smallest absolute Gasteiger partial charge is 0.270 e. The van der Waals surface area contributed by atoms with Gasteiger partial charge < -0.3 is 9.88 Å². The van der Waals surface area contributed by atoms with Gasteiger partial charge in [0.1, 0.15) is 5.69 Å². The van der Waals surface area contributed by atoms with Crippen molar-refractivity contribution in [1.82, 2.24) is 14.8 Å². The molecule has 1 aliphatic heterocycles. The van der Waals surface area contributed by atoms with Crippen molar-refractivity contribution in [3.05, 3.63) is 81.8 Å². The molecule has 1 N–H and O–H groups in total. The van der Waals surface area contributed by atoms with Gasteiger partial charge in [-0.15, -0.1) is 0 Å².